The molecular formula is C6H2Cl2F2IN. The minimum atomic E-state index is -2.64. The summed E-state index contributed by atoms with van der Waals surface area (Å²) in [6.07, 6.45) is -1.40. The molecule has 0 aliphatic rings. The van der Waals surface area contributed by atoms with Gasteiger partial charge in [0.2, 0.25) is 0 Å². The highest BCUT2D eigenvalue weighted by molar-refractivity contribution is 14.1. The van der Waals surface area contributed by atoms with Crippen molar-refractivity contribution >= 4 is 45.8 Å². The van der Waals surface area contributed by atoms with E-state index >= 15 is 0 Å². The molecule has 0 unspecified atom stereocenters. The number of hydrogen-bond donors (Lipinski definition) is 0. The largest absolute Gasteiger partial charge is 0.267 e. The van der Waals surface area contributed by atoms with Gasteiger partial charge in [-0.3, -0.25) is 0 Å². The van der Waals surface area contributed by atoms with Crippen molar-refractivity contribution in [3.63, 3.8) is 0 Å². The minimum Gasteiger partial charge on any atom is -0.242 e. The first-order chi connectivity index (χ1) is 5.54. The zero-order valence-electron chi connectivity index (χ0n) is 5.49. The Balaban J connectivity index is 3.33. The van der Waals surface area contributed by atoms with Crippen LogP contribution in [0, 0.1) is 3.57 Å². The molecule has 0 bridgehead atoms. The predicted octanol–water partition coefficient (Wildman–Crippen LogP) is 3.93. The first-order valence-electron chi connectivity index (χ1n) is 2.81. The van der Waals surface area contributed by atoms with Gasteiger partial charge in [0, 0.05) is 9.77 Å². The lowest BCUT2D eigenvalue weighted by molar-refractivity contribution is 0.150. The van der Waals surface area contributed by atoms with E-state index in [2.05, 4.69) is 4.98 Å². The van der Waals surface area contributed by atoms with Crippen molar-refractivity contribution in [3.05, 3.63) is 25.5 Å². The van der Waals surface area contributed by atoms with Gasteiger partial charge in [-0.2, -0.15) is 0 Å². The van der Waals surface area contributed by atoms with Crippen LogP contribution >= 0.6 is 45.8 Å². The van der Waals surface area contributed by atoms with Crippen LogP contribution in [0.1, 0.15) is 12.0 Å². The van der Waals surface area contributed by atoms with Crippen molar-refractivity contribution in [1.82, 2.24) is 4.98 Å². The van der Waals surface area contributed by atoms with Crippen LogP contribution in [0.5, 0.6) is 0 Å². The second-order valence-corrected chi connectivity index (χ2v) is 3.77. The Morgan fingerprint density at radius 2 is 2.00 bits per heavy atom. The summed E-state index contributed by atoms with van der Waals surface area (Å²) in [5.41, 5.74) is -0.301. The Hall–Kier alpha value is 0.320. The van der Waals surface area contributed by atoms with Crippen LogP contribution in [0.4, 0.5) is 8.78 Å². The molecule has 1 aromatic heterocycles. The zero-order chi connectivity index (χ0) is 9.30. The summed E-state index contributed by atoms with van der Waals surface area (Å²) in [6, 6.07) is 0. The predicted molar refractivity (Wildman–Crippen MR) is 51.9 cm³/mol. The van der Waals surface area contributed by atoms with E-state index < -0.39 is 6.43 Å². The SMILES string of the molecule is FC(F)c1c(Cl)ncc(Cl)c1I. The Bertz CT molecular complexity index is 306. The molecule has 0 aliphatic carbocycles. The molecule has 0 aliphatic heterocycles. The van der Waals surface area contributed by atoms with E-state index in [0.717, 1.165) is 0 Å². The van der Waals surface area contributed by atoms with E-state index in [1.165, 1.54) is 6.20 Å². The van der Waals surface area contributed by atoms with Crippen LogP contribution in [0.3, 0.4) is 0 Å². The van der Waals surface area contributed by atoms with Gasteiger partial charge >= 0.3 is 0 Å². The van der Waals surface area contributed by atoms with Gasteiger partial charge in [0.25, 0.3) is 6.43 Å². The number of hydrogen-bond acceptors (Lipinski definition) is 1. The van der Waals surface area contributed by atoms with Gasteiger partial charge in [0.05, 0.1) is 10.6 Å². The smallest absolute Gasteiger partial charge is 0.242 e. The summed E-state index contributed by atoms with van der Waals surface area (Å²) in [5.74, 6) is 0. The van der Waals surface area contributed by atoms with E-state index in [-0.39, 0.29) is 19.3 Å². The topological polar surface area (TPSA) is 12.9 Å². The molecule has 1 aromatic rings. The van der Waals surface area contributed by atoms with Crippen molar-refractivity contribution in [3.8, 4) is 0 Å². The van der Waals surface area contributed by atoms with Gasteiger partial charge in [-0.05, 0) is 22.6 Å². The third-order valence-electron chi connectivity index (χ3n) is 1.18. The van der Waals surface area contributed by atoms with Crippen LogP contribution in [0.25, 0.3) is 0 Å². The molecule has 0 spiro atoms. The molecule has 0 atom stereocenters. The second kappa shape index (κ2) is 4.02. The summed E-state index contributed by atoms with van der Waals surface area (Å²) in [7, 11) is 0. The highest BCUT2D eigenvalue weighted by atomic mass is 127. The number of nitrogens with zero attached hydrogens (tertiary/aromatic N) is 1. The first kappa shape index (κ1) is 10.4. The van der Waals surface area contributed by atoms with Crippen LogP contribution in [0.15, 0.2) is 6.20 Å². The standard InChI is InChI=1S/C6H2Cl2F2IN/c7-2-1-12-5(8)3(4(2)11)6(9)10/h1,6H. The van der Waals surface area contributed by atoms with Gasteiger partial charge in [0.15, 0.2) is 0 Å². The molecule has 0 fully saturated rings. The first-order valence-corrected chi connectivity index (χ1v) is 4.65. The van der Waals surface area contributed by atoms with E-state index in [1.54, 1.807) is 22.6 Å². The zero-order valence-corrected chi connectivity index (χ0v) is 9.16. The van der Waals surface area contributed by atoms with Crippen LogP contribution in [-0.4, -0.2) is 4.98 Å². The number of rotatable bonds is 1. The molecule has 0 saturated carbocycles. The Morgan fingerprint density at radius 1 is 1.42 bits per heavy atom. The van der Waals surface area contributed by atoms with Crippen LogP contribution in [-0.2, 0) is 0 Å². The molecule has 1 rings (SSSR count). The quantitative estimate of drug-likeness (QED) is 0.563. The van der Waals surface area contributed by atoms with Gasteiger partial charge in [-0.15, -0.1) is 0 Å². The lowest BCUT2D eigenvalue weighted by Crippen LogP contribution is -1.94. The van der Waals surface area contributed by atoms with E-state index in [4.69, 9.17) is 23.2 Å². The van der Waals surface area contributed by atoms with Gasteiger partial charge in [0.1, 0.15) is 5.15 Å². The van der Waals surface area contributed by atoms with Crippen molar-refractivity contribution in [2.45, 2.75) is 6.43 Å². The van der Waals surface area contributed by atoms with E-state index in [1.807, 2.05) is 0 Å². The van der Waals surface area contributed by atoms with Crippen molar-refractivity contribution in [2.75, 3.05) is 0 Å². The summed E-state index contributed by atoms with van der Waals surface area (Å²) in [4.78, 5) is 3.51. The molecule has 1 heterocycles. The maximum atomic E-state index is 12.3. The molecule has 0 radical (unpaired) electrons. The summed E-state index contributed by atoms with van der Waals surface area (Å²) in [5, 5.41) is -0.00546. The van der Waals surface area contributed by atoms with Gasteiger partial charge in [-0.1, -0.05) is 23.2 Å². The lowest BCUT2D eigenvalue weighted by Gasteiger charge is -2.05. The molecule has 0 saturated heterocycles. The molecule has 0 amide bonds. The third kappa shape index (κ3) is 1.97. The van der Waals surface area contributed by atoms with Crippen molar-refractivity contribution in [2.24, 2.45) is 0 Å². The number of pyridine rings is 1. The molecule has 12 heavy (non-hydrogen) atoms. The average molecular weight is 324 g/mol. The molecular weight excluding hydrogens is 322 g/mol. The van der Waals surface area contributed by atoms with E-state index in [0.29, 0.717) is 0 Å². The molecule has 0 N–H and O–H groups in total. The van der Waals surface area contributed by atoms with E-state index in [9.17, 15) is 8.78 Å². The lowest BCUT2D eigenvalue weighted by atomic mass is 10.3. The van der Waals surface area contributed by atoms with Gasteiger partial charge in [-0.25, -0.2) is 13.8 Å². The monoisotopic (exact) mass is 323 g/mol. The highest BCUT2D eigenvalue weighted by Gasteiger charge is 2.18. The average Bonchev–Trinajstić information content (AvgIpc) is 1.97. The molecule has 66 valence electrons. The second-order valence-electron chi connectivity index (χ2n) is 1.93. The normalized spacial score (nSPS) is 10.8. The number of alkyl halides is 2. The Kier molecular flexibility index (Phi) is 3.48. The molecule has 0 aromatic carbocycles. The summed E-state index contributed by atoms with van der Waals surface area (Å²) < 4.78 is 24.8. The molecule has 1 nitrogen and oxygen atoms in total. The van der Waals surface area contributed by atoms with Crippen molar-refractivity contribution in [1.29, 1.82) is 0 Å². The fourth-order valence-corrected chi connectivity index (χ4v) is 1.81. The summed E-state index contributed by atoms with van der Waals surface area (Å²) in [6.45, 7) is 0. The number of aromatic nitrogens is 1. The minimum absolute atomic E-state index is 0.190. The molecule has 6 heteroatoms. The Morgan fingerprint density at radius 3 is 2.42 bits per heavy atom. The maximum Gasteiger partial charge on any atom is 0.267 e. The van der Waals surface area contributed by atoms with Crippen molar-refractivity contribution < 1.29 is 8.78 Å². The Labute approximate surface area is 91.2 Å². The fourth-order valence-electron chi connectivity index (χ4n) is 0.645. The van der Waals surface area contributed by atoms with Gasteiger partial charge < -0.3 is 0 Å². The third-order valence-corrected chi connectivity index (χ3v) is 3.25. The summed E-state index contributed by atoms with van der Waals surface area (Å²) >= 11 is 12.7. The number of halogens is 5. The van der Waals surface area contributed by atoms with Crippen LogP contribution < -0.4 is 0 Å². The highest BCUT2D eigenvalue weighted by Crippen LogP contribution is 2.33. The fraction of sp³-hybridized carbons (Fsp3) is 0.167. The van der Waals surface area contributed by atoms with Crippen LogP contribution in [0.2, 0.25) is 10.2 Å². The maximum absolute atomic E-state index is 12.3.